The van der Waals surface area contributed by atoms with Gasteiger partial charge in [0.05, 0.1) is 6.54 Å². The van der Waals surface area contributed by atoms with Crippen molar-refractivity contribution < 1.29 is 9.18 Å². The number of nitrogens with one attached hydrogen (secondary N) is 1. The summed E-state index contributed by atoms with van der Waals surface area (Å²) in [6.07, 6.45) is 0. The van der Waals surface area contributed by atoms with E-state index in [0.29, 0.717) is 5.56 Å². The van der Waals surface area contributed by atoms with Crippen molar-refractivity contribution in [2.45, 2.75) is 13.5 Å². The molecular weight excluding hydrogens is 225 g/mol. The Kier molecular flexibility index (Phi) is 2.86. The number of H-pyrrole nitrogens is 1. The van der Waals surface area contributed by atoms with E-state index in [-0.39, 0.29) is 18.2 Å². The number of aromatic amines is 1. The average Bonchev–Trinajstić information content (AvgIpc) is 2.64. The Morgan fingerprint density at radius 3 is 2.76 bits per heavy atom. The maximum Gasteiger partial charge on any atom is 0.343 e. The van der Waals surface area contributed by atoms with Crippen LogP contribution in [0.25, 0.3) is 0 Å². The molecule has 0 spiro atoms. The van der Waals surface area contributed by atoms with Crippen LogP contribution in [0.5, 0.6) is 0 Å². The Balaban J connectivity index is 2.34. The molecule has 0 amide bonds. The minimum atomic E-state index is -0.529. The number of benzene rings is 1. The van der Waals surface area contributed by atoms with Crippen molar-refractivity contribution in [3.63, 3.8) is 0 Å². The molecule has 1 N–H and O–H groups in total. The monoisotopic (exact) mass is 235 g/mol. The van der Waals surface area contributed by atoms with Crippen molar-refractivity contribution in [1.82, 2.24) is 14.8 Å². The summed E-state index contributed by atoms with van der Waals surface area (Å²) in [5, 5.41) is 3.78. The Morgan fingerprint density at radius 2 is 2.18 bits per heavy atom. The first-order valence-corrected chi connectivity index (χ1v) is 4.99. The van der Waals surface area contributed by atoms with Gasteiger partial charge in [-0.1, -0.05) is 18.2 Å². The number of rotatable bonds is 3. The molecule has 1 heterocycles. The molecule has 2 aromatic rings. The van der Waals surface area contributed by atoms with Gasteiger partial charge < -0.3 is 0 Å². The summed E-state index contributed by atoms with van der Waals surface area (Å²) in [4.78, 5) is 24.7. The SMILES string of the molecule is CC(=O)c1nn(Cc2ccccc2F)c(=O)[nH]1. The molecule has 0 aliphatic rings. The van der Waals surface area contributed by atoms with Crippen molar-refractivity contribution >= 4 is 5.78 Å². The van der Waals surface area contributed by atoms with Gasteiger partial charge in [-0.15, -0.1) is 5.10 Å². The molecule has 1 aromatic heterocycles. The smallest absolute Gasteiger partial charge is 0.291 e. The van der Waals surface area contributed by atoms with Crippen LogP contribution in [0.3, 0.4) is 0 Å². The van der Waals surface area contributed by atoms with Crippen LogP contribution in [0.15, 0.2) is 29.1 Å². The lowest BCUT2D eigenvalue weighted by Crippen LogP contribution is -2.19. The molecule has 1 aromatic carbocycles. The largest absolute Gasteiger partial charge is 0.343 e. The molecule has 0 unspecified atom stereocenters. The molecule has 0 aliphatic heterocycles. The predicted molar refractivity (Wildman–Crippen MR) is 58.4 cm³/mol. The highest BCUT2D eigenvalue weighted by molar-refractivity contribution is 5.89. The number of aromatic nitrogens is 3. The molecule has 2 rings (SSSR count). The minimum absolute atomic E-state index is 0.00468. The molecule has 0 aliphatic carbocycles. The molecule has 6 heteroatoms. The molecule has 17 heavy (non-hydrogen) atoms. The van der Waals surface area contributed by atoms with E-state index in [1.807, 2.05) is 0 Å². The molecule has 0 saturated heterocycles. The number of carbonyl (C=O) groups excluding carboxylic acids is 1. The normalized spacial score (nSPS) is 10.5. The lowest BCUT2D eigenvalue weighted by molar-refractivity contribution is 0.100. The van der Waals surface area contributed by atoms with Gasteiger partial charge in [0.1, 0.15) is 5.82 Å². The minimum Gasteiger partial charge on any atom is -0.291 e. The van der Waals surface area contributed by atoms with Crippen LogP contribution in [0.2, 0.25) is 0 Å². The first-order valence-electron chi connectivity index (χ1n) is 4.99. The van der Waals surface area contributed by atoms with Crippen LogP contribution in [-0.4, -0.2) is 20.5 Å². The standard InChI is InChI=1S/C11H10FN3O2/c1-7(16)10-13-11(17)15(14-10)6-8-4-2-3-5-9(8)12/h2-5H,6H2,1H3,(H,13,14,17). The fourth-order valence-corrected chi connectivity index (χ4v) is 1.41. The highest BCUT2D eigenvalue weighted by Crippen LogP contribution is 2.06. The van der Waals surface area contributed by atoms with E-state index < -0.39 is 11.5 Å². The van der Waals surface area contributed by atoms with Gasteiger partial charge in [0.15, 0.2) is 11.6 Å². The van der Waals surface area contributed by atoms with Gasteiger partial charge in [0, 0.05) is 12.5 Å². The summed E-state index contributed by atoms with van der Waals surface area (Å²) in [5.41, 5.74) is -0.186. The van der Waals surface area contributed by atoms with Crippen LogP contribution in [0, 0.1) is 5.82 Å². The first-order chi connectivity index (χ1) is 8.08. The fourth-order valence-electron chi connectivity index (χ4n) is 1.41. The zero-order valence-corrected chi connectivity index (χ0v) is 9.11. The zero-order valence-electron chi connectivity index (χ0n) is 9.11. The van der Waals surface area contributed by atoms with Gasteiger partial charge in [-0.3, -0.25) is 9.78 Å². The molecule has 5 nitrogen and oxygen atoms in total. The Morgan fingerprint density at radius 1 is 1.47 bits per heavy atom. The third-order valence-electron chi connectivity index (χ3n) is 2.29. The fraction of sp³-hybridized carbons (Fsp3) is 0.182. The summed E-state index contributed by atoms with van der Waals surface area (Å²) in [6.45, 7) is 1.29. The third kappa shape index (κ3) is 2.30. The Hall–Kier alpha value is -2.24. The van der Waals surface area contributed by atoms with E-state index in [2.05, 4.69) is 10.1 Å². The Labute approximate surface area is 95.9 Å². The molecule has 88 valence electrons. The van der Waals surface area contributed by atoms with E-state index in [1.165, 1.54) is 13.0 Å². The van der Waals surface area contributed by atoms with Gasteiger partial charge in [-0.05, 0) is 6.07 Å². The molecule has 0 radical (unpaired) electrons. The Bertz CT molecular complexity index is 615. The van der Waals surface area contributed by atoms with Crippen molar-refractivity contribution in [1.29, 1.82) is 0 Å². The summed E-state index contributed by atoms with van der Waals surface area (Å²) >= 11 is 0. The highest BCUT2D eigenvalue weighted by atomic mass is 19.1. The van der Waals surface area contributed by atoms with Gasteiger partial charge in [-0.25, -0.2) is 13.9 Å². The van der Waals surface area contributed by atoms with Crippen molar-refractivity contribution in [3.8, 4) is 0 Å². The maximum absolute atomic E-state index is 13.4. The molecule has 0 saturated carbocycles. The number of hydrogen-bond acceptors (Lipinski definition) is 3. The van der Waals surface area contributed by atoms with E-state index >= 15 is 0 Å². The molecule has 0 atom stereocenters. The number of ketones is 1. The average molecular weight is 235 g/mol. The second kappa shape index (κ2) is 4.32. The molecule has 0 bridgehead atoms. The molecular formula is C11H10FN3O2. The third-order valence-corrected chi connectivity index (χ3v) is 2.29. The number of nitrogens with zero attached hydrogens (tertiary/aromatic N) is 2. The van der Waals surface area contributed by atoms with Crippen molar-refractivity contribution in [2.75, 3.05) is 0 Å². The second-order valence-electron chi connectivity index (χ2n) is 3.58. The number of carbonyl (C=O) groups is 1. The van der Waals surface area contributed by atoms with Crippen molar-refractivity contribution in [3.05, 3.63) is 52.0 Å². The summed E-state index contributed by atoms with van der Waals surface area (Å²) in [6, 6.07) is 6.10. The van der Waals surface area contributed by atoms with Gasteiger partial charge >= 0.3 is 5.69 Å². The van der Waals surface area contributed by atoms with E-state index in [0.717, 1.165) is 4.68 Å². The number of halogens is 1. The van der Waals surface area contributed by atoms with E-state index in [4.69, 9.17) is 0 Å². The summed E-state index contributed by atoms with van der Waals surface area (Å²) < 4.78 is 14.4. The van der Waals surface area contributed by atoms with E-state index in [9.17, 15) is 14.0 Å². The lowest BCUT2D eigenvalue weighted by atomic mass is 10.2. The summed E-state index contributed by atoms with van der Waals surface area (Å²) in [7, 11) is 0. The quantitative estimate of drug-likeness (QED) is 0.806. The zero-order chi connectivity index (χ0) is 12.4. The van der Waals surface area contributed by atoms with Gasteiger partial charge in [0.25, 0.3) is 0 Å². The van der Waals surface area contributed by atoms with Gasteiger partial charge in [-0.2, -0.15) is 0 Å². The highest BCUT2D eigenvalue weighted by Gasteiger charge is 2.10. The van der Waals surface area contributed by atoms with Crippen LogP contribution in [-0.2, 0) is 6.54 Å². The molecule has 0 fully saturated rings. The number of hydrogen-bond donors (Lipinski definition) is 1. The van der Waals surface area contributed by atoms with Crippen LogP contribution in [0.1, 0.15) is 23.1 Å². The van der Waals surface area contributed by atoms with Gasteiger partial charge in [0.2, 0.25) is 0 Å². The summed E-state index contributed by atoms with van der Waals surface area (Å²) in [5.74, 6) is -0.771. The van der Waals surface area contributed by atoms with E-state index in [1.54, 1.807) is 18.2 Å². The topological polar surface area (TPSA) is 67.8 Å². The van der Waals surface area contributed by atoms with Crippen LogP contribution < -0.4 is 5.69 Å². The van der Waals surface area contributed by atoms with Crippen molar-refractivity contribution in [2.24, 2.45) is 0 Å². The predicted octanol–water partition coefficient (Wildman–Crippen LogP) is 0.961. The van der Waals surface area contributed by atoms with Crippen LogP contribution >= 0.6 is 0 Å². The first kappa shape index (κ1) is 11.3. The second-order valence-corrected chi connectivity index (χ2v) is 3.58. The van der Waals surface area contributed by atoms with Crippen LogP contribution in [0.4, 0.5) is 4.39 Å². The maximum atomic E-state index is 13.4. The lowest BCUT2D eigenvalue weighted by Gasteiger charge is -2.01. The number of Topliss-reactive ketones (excluding diaryl/α,β-unsaturated/α-hetero) is 1.